The van der Waals surface area contributed by atoms with Crippen LogP contribution in [0.2, 0.25) is 0 Å². The predicted molar refractivity (Wildman–Crippen MR) is 112 cm³/mol. The summed E-state index contributed by atoms with van der Waals surface area (Å²) in [6, 6.07) is 13.7. The molecule has 0 spiro atoms. The highest BCUT2D eigenvalue weighted by Gasteiger charge is 2.17. The van der Waals surface area contributed by atoms with Crippen molar-refractivity contribution in [1.29, 1.82) is 0 Å². The maximum Gasteiger partial charge on any atom is 0.280 e. The maximum atomic E-state index is 14.2. The number of aromatic nitrogens is 2. The highest BCUT2D eigenvalue weighted by atomic mass is 19.1. The molecule has 0 aliphatic heterocycles. The highest BCUT2D eigenvalue weighted by molar-refractivity contribution is 6.03. The van der Waals surface area contributed by atoms with Crippen LogP contribution in [0.1, 0.15) is 30.0 Å². The van der Waals surface area contributed by atoms with E-state index in [2.05, 4.69) is 15.7 Å². The molecule has 2 aromatic carbocycles. The summed E-state index contributed by atoms with van der Waals surface area (Å²) < 4.78 is 15.4. The molecule has 1 aromatic heterocycles. The van der Waals surface area contributed by atoms with Gasteiger partial charge in [-0.25, -0.2) is 9.07 Å². The third kappa shape index (κ3) is 4.60. The van der Waals surface area contributed by atoms with Gasteiger partial charge in [-0.05, 0) is 37.3 Å². The fourth-order valence-corrected chi connectivity index (χ4v) is 2.72. The lowest BCUT2D eigenvalue weighted by molar-refractivity contribution is -0.118. The third-order valence-corrected chi connectivity index (χ3v) is 4.32. The number of anilines is 2. The van der Waals surface area contributed by atoms with Crippen LogP contribution in [0.5, 0.6) is 0 Å². The monoisotopic (exact) mass is 408 g/mol. The standard InChI is InChI=1S/C22H21FN4O3/c1-13(2)21(29)24-15-7-6-8-16(12-15)25-22(30)20-19(28)11-14(3)27(26-20)18-10-5-4-9-17(18)23/h4-13H,1-3H3,(H,24,29)(H,25,30). The molecule has 0 aliphatic rings. The van der Waals surface area contributed by atoms with Gasteiger partial charge >= 0.3 is 0 Å². The highest BCUT2D eigenvalue weighted by Crippen LogP contribution is 2.17. The molecular weight excluding hydrogens is 387 g/mol. The SMILES string of the molecule is Cc1cc(=O)c(C(=O)Nc2cccc(NC(=O)C(C)C)c2)nn1-c1ccccc1F. The van der Waals surface area contributed by atoms with Gasteiger partial charge in [0.1, 0.15) is 11.5 Å². The summed E-state index contributed by atoms with van der Waals surface area (Å²) in [5.74, 6) is -1.63. The van der Waals surface area contributed by atoms with E-state index in [9.17, 15) is 18.8 Å². The van der Waals surface area contributed by atoms with Crippen molar-refractivity contribution in [2.75, 3.05) is 10.6 Å². The second kappa shape index (κ2) is 8.69. The number of amides is 2. The number of hydrogen-bond donors (Lipinski definition) is 2. The normalized spacial score (nSPS) is 10.7. The smallest absolute Gasteiger partial charge is 0.280 e. The molecule has 3 aromatic rings. The van der Waals surface area contributed by atoms with Gasteiger partial charge in [0, 0.05) is 29.1 Å². The number of aryl methyl sites for hydroxylation is 1. The van der Waals surface area contributed by atoms with Gasteiger partial charge in [-0.3, -0.25) is 14.4 Å². The van der Waals surface area contributed by atoms with E-state index in [0.29, 0.717) is 17.1 Å². The Morgan fingerprint density at radius 3 is 2.33 bits per heavy atom. The van der Waals surface area contributed by atoms with Gasteiger partial charge in [0.25, 0.3) is 5.91 Å². The van der Waals surface area contributed by atoms with E-state index < -0.39 is 17.2 Å². The first-order chi connectivity index (χ1) is 14.3. The lowest BCUT2D eigenvalue weighted by atomic mass is 10.2. The van der Waals surface area contributed by atoms with Crippen molar-refractivity contribution in [3.8, 4) is 5.69 Å². The first kappa shape index (κ1) is 20.9. The quantitative estimate of drug-likeness (QED) is 0.675. The van der Waals surface area contributed by atoms with Crippen LogP contribution in [0.25, 0.3) is 5.69 Å². The molecule has 30 heavy (non-hydrogen) atoms. The summed E-state index contributed by atoms with van der Waals surface area (Å²) in [4.78, 5) is 36.9. The minimum atomic E-state index is -0.738. The van der Waals surface area contributed by atoms with Gasteiger partial charge in [0.2, 0.25) is 11.3 Å². The zero-order valence-electron chi connectivity index (χ0n) is 16.8. The second-order valence-electron chi connectivity index (χ2n) is 7.04. The van der Waals surface area contributed by atoms with Crippen molar-refractivity contribution in [3.63, 3.8) is 0 Å². The number of rotatable bonds is 5. The average molecular weight is 408 g/mol. The van der Waals surface area contributed by atoms with Crippen molar-refractivity contribution in [2.45, 2.75) is 20.8 Å². The Morgan fingerprint density at radius 2 is 1.67 bits per heavy atom. The van der Waals surface area contributed by atoms with E-state index in [1.807, 2.05) is 0 Å². The number of halogens is 1. The Hall–Kier alpha value is -3.81. The zero-order chi connectivity index (χ0) is 21.8. The van der Waals surface area contributed by atoms with Gasteiger partial charge in [-0.1, -0.05) is 32.0 Å². The fourth-order valence-electron chi connectivity index (χ4n) is 2.72. The Morgan fingerprint density at radius 1 is 1.00 bits per heavy atom. The largest absolute Gasteiger partial charge is 0.326 e. The lowest BCUT2D eigenvalue weighted by Gasteiger charge is -2.13. The number of nitrogens with one attached hydrogen (secondary N) is 2. The molecule has 3 rings (SSSR count). The lowest BCUT2D eigenvalue weighted by Crippen LogP contribution is -2.27. The molecule has 2 amide bonds. The van der Waals surface area contributed by atoms with Crippen LogP contribution in [0.3, 0.4) is 0 Å². The summed E-state index contributed by atoms with van der Waals surface area (Å²) in [6.07, 6.45) is 0. The molecule has 2 N–H and O–H groups in total. The zero-order valence-corrected chi connectivity index (χ0v) is 16.8. The van der Waals surface area contributed by atoms with E-state index in [1.54, 1.807) is 51.1 Å². The summed E-state index contributed by atoms with van der Waals surface area (Å²) in [5.41, 5.74) is 0.442. The molecule has 0 atom stereocenters. The number of carbonyl (C=O) groups is 2. The molecule has 0 radical (unpaired) electrons. The van der Waals surface area contributed by atoms with Crippen molar-refractivity contribution in [1.82, 2.24) is 9.78 Å². The Labute approximate surface area is 172 Å². The van der Waals surface area contributed by atoms with Crippen LogP contribution in [0, 0.1) is 18.7 Å². The molecule has 1 heterocycles. The van der Waals surface area contributed by atoms with Gasteiger partial charge in [-0.15, -0.1) is 0 Å². The molecule has 0 aliphatic carbocycles. The fraction of sp³-hybridized carbons (Fsp3) is 0.182. The maximum absolute atomic E-state index is 14.2. The Bertz CT molecular complexity index is 1170. The number of para-hydroxylation sites is 1. The van der Waals surface area contributed by atoms with Crippen LogP contribution in [-0.4, -0.2) is 21.6 Å². The van der Waals surface area contributed by atoms with Crippen molar-refractivity contribution in [3.05, 3.63) is 82.0 Å². The van der Waals surface area contributed by atoms with E-state index in [1.165, 1.54) is 28.9 Å². The van der Waals surface area contributed by atoms with Crippen LogP contribution < -0.4 is 16.1 Å². The summed E-state index contributed by atoms with van der Waals surface area (Å²) >= 11 is 0. The first-order valence-corrected chi connectivity index (χ1v) is 9.34. The van der Waals surface area contributed by atoms with Crippen molar-refractivity contribution >= 4 is 23.2 Å². The van der Waals surface area contributed by atoms with E-state index in [-0.39, 0.29) is 23.2 Å². The minimum absolute atomic E-state index is 0.127. The number of benzene rings is 2. The molecule has 8 heteroatoms. The minimum Gasteiger partial charge on any atom is -0.326 e. The van der Waals surface area contributed by atoms with Crippen molar-refractivity contribution in [2.24, 2.45) is 5.92 Å². The van der Waals surface area contributed by atoms with Gasteiger partial charge in [-0.2, -0.15) is 5.10 Å². The number of nitrogens with zero attached hydrogens (tertiary/aromatic N) is 2. The van der Waals surface area contributed by atoms with E-state index >= 15 is 0 Å². The van der Waals surface area contributed by atoms with E-state index in [4.69, 9.17) is 0 Å². The van der Waals surface area contributed by atoms with Gasteiger partial charge in [0.15, 0.2) is 5.69 Å². The average Bonchev–Trinajstić information content (AvgIpc) is 2.69. The second-order valence-corrected chi connectivity index (χ2v) is 7.04. The predicted octanol–water partition coefficient (Wildman–Crippen LogP) is 3.53. The topological polar surface area (TPSA) is 93.1 Å². The molecule has 154 valence electrons. The van der Waals surface area contributed by atoms with Crippen molar-refractivity contribution < 1.29 is 14.0 Å². The van der Waals surface area contributed by atoms with Crippen LogP contribution in [-0.2, 0) is 4.79 Å². The third-order valence-electron chi connectivity index (χ3n) is 4.32. The van der Waals surface area contributed by atoms with Crippen LogP contribution in [0.15, 0.2) is 59.4 Å². The van der Waals surface area contributed by atoms with E-state index in [0.717, 1.165) is 0 Å². The molecule has 0 bridgehead atoms. The number of hydrogen-bond acceptors (Lipinski definition) is 4. The molecule has 0 fully saturated rings. The van der Waals surface area contributed by atoms with Gasteiger partial charge < -0.3 is 10.6 Å². The molecule has 0 unspecified atom stereocenters. The molecular formula is C22H21FN4O3. The number of carbonyl (C=O) groups excluding carboxylic acids is 2. The first-order valence-electron chi connectivity index (χ1n) is 9.34. The Balaban J connectivity index is 1.89. The van der Waals surface area contributed by atoms with Crippen LogP contribution >= 0.6 is 0 Å². The van der Waals surface area contributed by atoms with Crippen LogP contribution in [0.4, 0.5) is 15.8 Å². The molecule has 7 nitrogen and oxygen atoms in total. The summed E-state index contributed by atoms with van der Waals surface area (Å²) in [6.45, 7) is 5.14. The van der Waals surface area contributed by atoms with Gasteiger partial charge in [0.05, 0.1) is 0 Å². The Kier molecular flexibility index (Phi) is 6.06. The molecule has 0 saturated carbocycles. The molecule has 0 saturated heterocycles. The summed E-state index contributed by atoms with van der Waals surface area (Å²) in [5, 5.41) is 9.41. The summed E-state index contributed by atoms with van der Waals surface area (Å²) in [7, 11) is 0.